The minimum absolute atomic E-state index is 0.0223. The monoisotopic (exact) mass is 387 g/mol. The topological polar surface area (TPSA) is 59.4 Å². The highest BCUT2D eigenvalue weighted by atomic mass is 32.2. The van der Waals surface area contributed by atoms with Crippen molar-refractivity contribution in [3.8, 4) is 5.88 Å². The average Bonchev–Trinajstić information content (AvgIpc) is 3.03. The molecule has 0 amide bonds. The normalized spacial score (nSPS) is 26.3. The molecule has 1 heterocycles. The zero-order valence-electron chi connectivity index (χ0n) is 15.2. The predicted octanol–water partition coefficient (Wildman–Crippen LogP) is 4.45. The van der Waals surface area contributed by atoms with Crippen molar-refractivity contribution in [3.05, 3.63) is 53.5 Å². The van der Waals surface area contributed by atoms with Crippen molar-refractivity contribution in [1.82, 2.24) is 4.98 Å². The van der Waals surface area contributed by atoms with Crippen molar-refractivity contribution in [2.75, 3.05) is 6.61 Å². The van der Waals surface area contributed by atoms with E-state index >= 15 is 0 Å². The van der Waals surface area contributed by atoms with E-state index < -0.39 is 0 Å². The number of aromatic hydroxyl groups is 1. The second-order valence-corrected chi connectivity index (χ2v) is 8.56. The zero-order chi connectivity index (χ0) is 19.0. The molecule has 2 aliphatic carbocycles. The molecule has 0 bridgehead atoms. The van der Waals surface area contributed by atoms with Crippen molar-refractivity contribution < 1.29 is 19.0 Å². The number of pyridine rings is 1. The Labute approximate surface area is 162 Å². The molecule has 4 nitrogen and oxygen atoms in total. The van der Waals surface area contributed by atoms with Gasteiger partial charge in [0.25, 0.3) is 0 Å². The highest BCUT2D eigenvalue weighted by Crippen LogP contribution is 2.62. The predicted molar refractivity (Wildman–Crippen MR) is 101 cm³/mol. The molecule has 0 saturated heterocycles. The number of hydrogen-bond donors (Lipinski definition) is 1. The number of aryl methyl sites for hydroxylation is 1. The Bertz CT molecular complexity index is 857. The Hall–Kier alpha value is -2.08. The second kappa shape index (κ2) is 7.15. The fourth-order valence-corrected chi connectivity index (χ4v) is 6.28. The molecule has 6 heteroatoms. The molecular formula is C21H22FNO3S. The first-order chi connectivity index (χ1) is 13.0. The van der Waals surface area contributed by atoms with E-state index in [1.54, 1.807) is 30.0 Å². The summed E-state index contributed by atoms with van der Waals surface area (Å²) >= 11 is 1.68. The third kappa shape index (κ3) is 3.20. The first kappa shape index (κ1) is 18.3. The number of nitrogens with zero attached hydrogens (tertiary/aromatic N) is 1. The van der Waals surface area contributed by atoms with Gasteiger partial charge >= 0.3 is 5.97 Å². The third-order valence-electron chi connectivity index (χ3n) is 5.72. The molecule has 0 radical (unpaired) electrons. The Kier molecular flexibility index (Phi) is 4.84. The highest BCUT2D eigenvalue weighted by molar-refractivity contribution is 8.00. The molecule has 1 saturated carbocycles. The van der Waals surface area contributed by atoms with Crippen LogP contribution in [0.25, 0.3) is 0 Å². The number of halogens is 1. The van der Waals surface area contributed by atoms with Crippen LogP contribution >= 0.6 is 11.8 Å². The molecule has 142 valence electrons. The van der Waals surface area contributed by atoms with E-state index in [-0.39, 0.29) is 34.2 Å². The SMILES string of the molecule is CCOC(=O)C1CCC2(Sc3ccc(F)cc3)c3ccc(O)nc3CCC12. The largest absolute Gasteiger partial charge is 0.493 e. The number of ether oxygens (including phenoxy) is 1. The summed E-state index contributed by atoms with van der Waals surface area (Å²) in [5.74, 6) is -0.376. The van der Waals surface area contributed by atoms with E-state index in [1.165, 1.54) is 12.1 Å². The first-order valence-electron chi connectivity index (χ1n) is 9.34. The first-order valence-corrected chi connectivity index (χ1v) is 10.2. The molecule has 1 aromatic heterocycles. The Morgan fingerprint density at radius 3 is 2.81 bits per heavy atom. The molecule has 2 aliphatic rings. The Balaban J connectivity index is 1.77. The molecule has 3 unspecified atom stereocenters. The van der Waals surface area contributed by atoms with Gasteiger partial charge in [-0.1, -0.05) is 6.07 Å². The van der Waals surface area contributed by atoms with Crippen molar-refractivity contribution in [2.45, 2.75) is 42.2 Å². The number of aromatic nitrogens is 1. The number of rotatable bonds is 4. The van der Waals surface area contributed by atoms with Gasteiger partial charge in [0.1, 0.15) is 5.82 Å². The van der Waals surface area contributed by atoms with Crippen LogP contribution in [0, 0.1) is 17.7 Å². The Morgan fingerprint density at radius 2 is 2.07 bits per heavy atom. The molecule has 1 fully saturated rings. The lowest BCUT2D eigenvalue weighted by Gasteiger charge is -2.41. The molecule has 0 aliphatic heterocycles. The maximum Gasteiger partial charge on any atom is 0.309 e. The molecule has 1 N–H and O–H groups in total. The summed E-state index contributed by atoms with van der Waals surface area (Å²) in [5.41, 5.74) is 1.98. The van der Waals surface area contributed by atoms with Crippen LogP contribution in [0.2, 0.25) is 0 Å². The number of esters is 1. The van der Waals surface area contributed by atoms with E-state index in [9.17, 15) is 14.3 Å². The van der Waals surface area contributed by atoms with Gasteiger partial charge in [-0.25, -0.2) is 9.37 Å². The minimum Gasteiger partial charge on any atom is -0.493 e. The van der Waals surface area contributed by atoms with Gasteiger partial charge in [-0.2, -0.15) is 0 Å². The Morgan fingerprint density at radius 1 is 1.30 bits per heavy atom. The maximum atomic E-state index is 13.4. The second-order valence-electron chi connectivity index (χ2n) is 7.15. The van der Waals surface area contributed by atoms with Crippen molar-refractivity contribution >= 4 is 17.7 Å². The van der Waals surface area contributed by atoms with Gasteiger partial charge in [0.05, 0.1) is 17.3 Å². The minimum atomic E-state index is -0.316. The molecule has 27 heavy (non-hydrogen) atoms. The number of carbonyl (C=O) groups is 1. The summed E-state index contributed by atoms with van der Waals surface area (Å²) in [5, 5.41) is 9.81. The lowest BCUT2D eigenvalue weighted by atomic mass is 9.75. The van der Waals surface area contributed by atoms with E-state index in [0.29, 0.717) is 6.61 Å². The fourth-order valence-electron chi connectivity index (χ4n) is 4.63. The van der Waals surface area contributed by atoms with Gasteiger partial charge in [0.2, 0.25) is 5.88 Å². The van der Waals surface area contributed by atoms with Crippen LogP contribution in [0.1, 0.15) is 37.4 Å². The fraction of sp³-hybridized carbons (Fsp3) is 0.429. The zero-order valence-corrected chi connectivity index (χ0v) is 16.0. The maximum absolute atomic E-state index is 13.4. The molecule has 2 aromatic rings. The summed E-state index contributed by atoms with van der Waals surface area (Å²) in [6.45, 7) is 2.21. The van der Waals surface area contributed by atoms with Crippen molar-refractivity contribution in [3.63, 3.8) is 0 Å². The van der Waals surface area contributed by atoms with Gasteiger partial charge in [-0.15, -0.1) is 11.8 Å². The highest BCUT2D eigenvalue weighted by Gasteiger charge is 2.55. The van der Waals surface area contributed by atoms with E-state index in [2.05, 4.69) is 4.98 Å². The number of thioether (sulfide) groups is 1. The number of benzene rings is 1. The van der Waals surface area contributed by atoms with Crippen LogP contribution in [0.4, 0.5) is 4.39 Å². The number of carbonyl (C=O) groups excluding carboxylic acids is 1. The third-order valence-corrected chi connectivity index (χ3v) is 7.32. The summed E-state index contributed by atoms with van der Waals surface area (Å²) < 4.78 is 18.4. The molecule has 3 atom stereocenters. The average molecular weight is 387 g/mol. The van der Waals surface area contributed by atoms with Crippen LogP contribution in [0.15, 0.2) is 41.3 Å². The lowest BCUT2D eigenvalue weighted by molar-refractivity contribution is -0.149. The summed E-state index contributed by atoms with van der Waals surface area (Å²) in [6.07, 6.45) is 3.14. The van der Waals surface area contributed by atoms with Gasteiger partial charge in [-0.3, -0.25) is 4.79 Å². The smallest absolute Gasteiger partial charge is 0.309 e. The molecule has 4 rings (SSSR count). The molecular weight excluding hydrogens is 365 g/mol. The van der Waals surface area contributed by atoms with Gasteiger partial charge in [0, 0.05) is 16.7 Å². The standard InChI is InChI=1S/C21H22FNO3S/c1-2-26-20(25)15-11-12-21(27-14-5-3-13(22)4-6-14)16(15)7-9-18-17(21)8-10-19(24)23-18/h3-6,8,10,15-16H,2,7,9,11-12H2,1H3,(H,23,24). The summed E-state index contributed by atoms with van der Waals surface area (Å²) in [6, 6.07) is 10.0. The molecule has 1 aromatic carbocycles. The van der Waals surface area contributed by atoms with Gasteiger partial charge in [0.15, 0.2) is 0 Å². The summed E-state index contributed by atoms with van der Waals surface area (Å²) in [7, 11) is 0. The van der Waals surface area contributed by atoms with Crippen molar-refractivity contribution in [2.24, 2.45) is 11.8 Å². The summed E-state index contributed by atoms with van der Waals surface area (Å²) in [4.78, 5) is 17.9. The number of hydrogen-bond acceptors (Lipinski definition) is 5. The van der Waals surface area contributed by atoms with Crippen molar-refractivity contribution in [1.29, 1.82) is 0 Å². The lowest BCUT2D eigenvalue weighted by Crippen LogP contribution is -2.37. The van der Waals surface area contributed by atoms with Crippen LogP contribution in [-0.4, -0.2) is 22.7 Å². The van der Waals surface area contributed by atoms with E-state index in [4.69, 9.17) is 4.74 Å². The number of fused-ring (bicyclic) bond motifs is 3. The van der Waals surface area contributed by atoms with Gasteiger partial charge < -0.3 is 9.84 Å². The van der Waals surface area contributed by atoms with E-state index in [0.717, 1.165) is 41.8 Å². The van der Waals surface area contributed by atoms with E-state index in [1.807, 2.05) is 13.0 Å². The van der Waals surface area contributed by atoms with Crippen LogP contribution in [-0.2, 0) is 20.7 Å². The van der Waals surface area contributed by atoms with Crippen LogP contribution in [0.3, 0.4) is 0 Å². The van der Waals surface area contributed by atoms with Gasteiger partial charge in [-0.05, 0) is 68.4 Å². The van der Waals surface area contributed by atoms with Crippen LogP contribution < -0.4 is 0 Å². The quantitative estimate of drug-likeness (QED) is 0.786. The molecule has 0 spiro atoms. The van der Waals surface area contributed by atoms with Crippen LogP contribution in [0.5, 0.6) is 5.88 Å².